The minimum atomic E-state index is -0.880. The van der Waals surface area contributed by atoms with Gasteiger partial charge in [-0.2, -0.15) is 11.8 Å². The summed E-state index contributed by atoms with van der Waals surface area (Å²) in [6.45, 7) is 1.77. The summed E-state index contributed by atoms with van der Waals surface area (Å²) in [5, 5.41) is 2.71. The molecule has 2 aromatic carbocycles. The molecule has 1 heterocycles. The highest BCUT2D eigenvalue weighted by atomic mass is 32.2. The van der Waals surface area contributed by atoms with E-state index in [1.165, 1.54) is 22.5 Å². The van der Waals surface area contributed by atoms with E-state index in [1.807, 2.05) is 30.3 Å². The number of rotatable bonds is 7. The summed E-state index contributed by atoms with van der Waals surface area (Å²) in [4.78, 5) is 25.1. The molecule has 0 bridgehead atoms. The second-order valence-corrected chi connectivity index (χ2v) is 7.64. The Morgan fingerprint density at radius 1 is 1.10 bits per heavy atom. The lowest BCUT2D eigenvalue weighted by atomic mass is 10.2. The highest BCUT2D eigenvalue weighted by Gasteiger charge is 2.17. The molecule has 0 atom stereocenters. The number of thioether (sulfide) groups is 1. The molecule has 3 aromatic rings. The van der Waals surface area contributed by atoms with Gasteiger partial charge in [-0.05, 0) is 36.8 Å². The monoisotopic (exact) mass is 417 g/mol. The number of hydrogen-bond acceptors (Lipinski definition) is 3. The SMILES string of the molecule is Cc1c(NC(=O)CCSCc2ccc(F)c(F)c2)c(=O)n(-c2ccccc2)n1C. The third-order valence-corrected chi connectivity index (χ3v) is 5.58. The van der Waals surface area contributed by atoms with Crippen molar-refractivity contribution in [3.63, 3.8) is 0 Å². The van der Waals surface area contributed by atoms with Crippen molar-refractivity contribution in [2.24, 2.45) is 7.05 Å². The van der Waals surface area contributed by atoms with Crippen molar-refractivity contribution in [2.45, 2.75) is 19.1 Å². The highest BCUT2D eigenvalue weighted by Crippen LogP contribution is 2.17. The first-order valence-corrected chi connectivity index (χ1v) is 10.2. The molecule has 0 aliphatic carbocycles. The Labute approximate surface area is 171 Å². The average Bonchev–Trinajstić information content (AvgIpc) is 2.92. The smallest absolute Gasteiger partial charge is 0.295 e. The van der Waals surface area contributed by atoms with Crippen LogP contribution in [-0.4, -0.2) is 21.0 Å². The zero-order chi connectivity index (χ0) is 21.0. The summed E-state index contributed by atoms with van der Waals surface area (Å²) in [6.07, 6.45) is 0.202. The van der Waals surface area contributed by atoms with E-state index in [4.69, 9.17) is 0 Å². The predicted molar refractivity (Wildman–Crippen MR) is 112 cm³/mol. The van der Waals surface area contributed by atoms with Gasteiger partial charge in [-0.15, -0.1) is 0 Å². The molecule has 8 heteroatoms. The largest absolute Gasteiger partial charge is 0.320 e. The van der Waals surface area contributed by atoms with E-state index in [2.05, 4.69) is 5.32 Å². The van der Waals surface area contributed by atoms with Crippen LogP contribution in [0.4, 0.5) is 14.5 Å². The van der Waals surface area contributed by atoms with Crippen LogP contribution in [0.2, 0.25) is 0 Å². The maximum absolute atomic E-state index is 13.2. The summed E-state index contributed by atoms with van der Waals surface area (Å²) in [5.41, 5.74) is 1.98. The molecule has 0 unspecified atom stereocenters. The first-order valence-electron chi connectivity index (χ1n) is 9.04. The van der Waals surface area contributed by atoms with Gasteiger partial charge >= 0.3 is 0 Å². The van der Waals surface area contributed by atoms with Gasteiger partial charge in [0.05, 0.1) is 11.4 Å². The number of para-hydroxylation sites is 1. The number of nitrogens with one attached hydrogen (secondary N) is 1. The van der Waals surface area contributed by atoms with Crippen LogP contribution in [0.15, 0.2) is 53.3 Å². The molecule has 0 aliphatic heterocycles. The van der Waals surface area contributed by atoms with Crippen LogP contribution in [0, 0.1) is 18.6 Å². The number of carbonyl (C=O) groups excluding carboxylic acids is 1. The molecular formula is C21H21F2N3O2S. The molecule has 1 amide bonds. The number of benzene rings is 2. The number of nitrogens with zero attached hydrogens (tertiary/aromatic N) is 2. The number of hydrogen-bond donors (Lipinski definition) is 1. The van der Waals surface area contributed by atoms with Crippen LogP contribution in [0.3, 0.4) is 0 Å². The summed E-state index contributed by atoms with van der Waals surface area (Å²) in [5.74, 6) is -1.07. The molecule has 0 radical (unpaired) electrons. The fourth-order valence-corrected chi connectivity index (χ4v) is 3.79. The van der Waals surface area contributed by atoms with Crippen molar-refractivity contribution in [3.05, 3.63) is 81.8 Å². The van der Waals surface area contributed by atoms with E-state index in [0.717, 1.165) is 12.1 Å². The number of halogens is 2. The number of amides is 1. The van der Waals surface area contributed by atoms with Gasteiger partial charge in [-0.25, -0.2) is 13.5 Å². The molecule has 0 saturated heterocycles. The molecule has 152 valence electrons. The lowest BCUT2D eigenvalue weighted by molar-refractivity contribution is -0.115. The second-order valence-electron chi connectivity index (χ2n) is 6.54. The molecule has 5 nitrogen and oxygen atoms in total. The zero-order valence-electron chi connectivity index (χ0n) is 16.1. The lowest BCUT2D eigenvalue weighted by Crippen LogP contribution is -2.23. The van der Waals surface area contributed by atoms with Crippen LogP contribution < -0.4 is 10.9 Å². The van der Waals surface area contributed by atoms with E-state index in [-0.39, 0.29) is 23.6 Å². The van der Waals surface area contributed by atoms with E-state index < -0.39 is 11.6 Å². The van der Waals surface area contributed by atoms with Crippen molar-refractivity contribution < 1.29 is 13.6 Å². The van der Waals surface area contributed by atoms with Gasteiger partial charge in [-0.1, -0.05) is 24.3 Å². The maximum Gasteiger partial charge on any atom is 0.295 e. The van der Waals surface area contributed by atoms with Gasteiger partial charge in [-0.3, -0.25) is 14.3 Å². The minimum absolute atomic E-state index is 0.202. The maximum atomic E-state index is 13.2. The Bertz CT molecular complexity index is 1080. The third-order valence-electron chi connectivity index (χ3n) is 4.54. The molecule has 1 N–H and O–H groups in total. The average molecular weight is 417 g/mol. The Balaban J connectivity index is 1.59. The standard InChI is InChI=1S/C21H21F2N3O2S/c1-14-20(21(28)26(25(14)2)16-6-4-3-5-7-16)24-19(27)10-11-29-13-15-8-9-17(22)18(23)12-15/h3-9,12H,10-11,13H2,1-2H3,(H,24,27). The fourth-order valence-electron chi connectivity index (χ4n) is 2.90. The molecule has 0 spiro atoms. The van der Waals surface area contributed by atoms with E-state index in [0.29, 0.717) is 28.5 Å². The molecular weight excluding hydrogens is 396 g/mol. The van der Waals surface area contributed by atoms with E-state index in [9.17, 15) is 18.4 Å². The van der Waals surface area contributed by atoms with Crippen molar-refractivity contribution in [3.8, 4) is 5.69 Å². The van der Waals surface area contributed by atoms with Crippen LogP contribution in [0.1, 0.15) is 17.7 Å². The van der Waals surface area contributed by atoms with Crippen molar-refractivity contribution in [1.82, 2.24) is 9.36 Å². The van der Waals surface area contributed by atoms with Crippen LogP contribution in [-0.2, 0) is 17.6 Å². The summed E-state index contributed by atoms with van der Waals surface area (Å²) in [6, 6.07) is 13.0. The summed E-state index contributed by atoms with van der Waals surface area (Å²) < 4.78 is 29.4. The number of carbonyl (C=O) groups is 1. The number of aromatic nitrogens is 2. The van der Waals surface area contributed by atoms with E-state index in [1.54, 1.807) is 18.7 Å². The van der Waals surface area contributed by atoms with Gasteiger partial charge in [0.2, 0.25) is 5.91 Å². The molecule has 0 saturated carbocycles. The molecule has 0 aliphatic rings. The van der Waals surface area contributed by atoms with Gasteiger partial charge in [0.1, 0.15) is 5.69 Å². The van der Waals surface area contributed by atoms with Gasteiger partial charge in [0, 0.05) is 25.0 Å². The fraction of sp³-hybridized carbons (Fsp3) is 0.238. The van der Waals surface area contributed by atoms with Crippen LogP contribution >= 0.6 is 11.8 Å². The summed E-state index contributed by atoms with van der Waals surface area (Å²) >= 11 is 1.43. The molecule has 0 fully saturated rings. The Kier molecular flexibility index (Phi) is 6.53. The molecule has 1 aromatic heterocycles. The summed E-state index contributed by atoms with van der Waals surface area (Å²) in [7, 11) is 1.76. The Hall–Kier alpha value is -2.87. The van der Waals surface area contributed by atoms with Gasteiger partial charge < -0.3 is 5.32 Å². The second kappa shape index (κ2) is 9.09. The molecule has 29 heavy (non-hydrogen) atoms. The van der Waals surface area contributed by atoms with Crippen molar-refractivity contribution in [2.75, 3.05) is 11.1 Å². The third kappa shape index (κ3) is 4.76. The first-order chi connectivity index (χ1) is 13.9. The van der Waals surface area contributed by atoms with Gasteiger partial charge in [0.25, 0.3) is 5.56 Å². The minimum Gasteiger partial charge on any atom is -0.320 e. The number of anilines is 1. The lowest BCUT2D eigenvalue weighted by Gasteiger charge is -2.07. The predicted octanol–water partition coefficient (Wildman–Crippen LogP) is 4.02. The Morgan fingerprint density at radius 3 is 2.52 bits per heavy atom. The first kappa shape index (κ1) is 20.9. The zero-order valence-corrected chi connectivity index (χ0v) is 16.9. The van der Waals surface area contributed by atoms with Crippen LogP contribution in [0.5, 0.6) is 0 Å². The highest BCUT2D eigenvalue weighted by molar-refractivity contribution is 7.98. The quantitative estimate of drug-likeness (QED) is 0.591. The van der Waals surface area contributed by atoms with Crippen molar-refractivity contribution in [1.29, 1.82) is 0 Å². The molecule has 3 rings (SSSR count). The van der Waals surface area contributed by atoms with Gasteiger partial charge in [0.15, 0.2) is 11.6 Å². The topological polar surface area (TPSA) is 56.0 Å². The van der Waals surface area contributed by atoms with E-state index >= 15 is 0 Å². The van der Waals surface area contributed by atoms with Crippen molar-refractivity contribution >= 4 is 23.4 Å². The normalized spacial score (nSPS) is 10.9. The van der Waals surface area contributed by atoms with Crippen LogP contribution in [0.25, 0.3) is 5.69 Å². The Morgan fingerprint density at radius 2 is 1.83 bits per heavy atom.